The quantitative estimate of drug-likeness (QED) is 0.173. The Morgan fingerprint density at radius 2 is 0.746 bits per heavy atom. The van der Waals surface area contributed by atoms with Crippen LogP contribution < -0.4 is 4.90 Å². The summed E-state index contributed by atoms with van der Waals surface area (Å²) in [6.07, 6.45) is 0. The van der Waals surface area contributed by atoms with E-state index in [1.165, 1.54) is 106 Å². The fraction of sp³-hybridized carbons (Fsp3) is 0.111. The van der Waals surface area contributed by atoms with Crippen LogP contribution in [0.1, 0.15) is 49.9 Å². The third-order valence-electron chi connectivity index (χ3n) is 12.8. The Morgan fingerprint density at radius 3 is 1.22 bits per heavy atom. The maximum absolute atomic E-state index is 2.49. The lowest BCUT2D eigenvalue weighted by Gasteiger charge is -2.30. The minimum Gasteiger partial charge on any atom is -0.310 e. The van der Waals surface area contributed by atoms with Gasteiger partial charge < -0.3 is 4.90 Å². The molecule has 0 unspecified atom stereocenters. The average Bonchev–Trinajstić information content (AvgIpc) is 3.64. The van der Waals surface area contributed by atoms with Gasteiger partial charge in [0.15, 0.2) is 0 Å². The predicted octanol–water partition coefficient (Wildman–Crippen LogP) is 16.7. The number of anilines is 3. The van der Waals surface area contributed by atoms with Crippen molar-refractivity contribution in [2.75, 3.05) is 4.90 Å². The summed E-state index contributed by atoms with van der Waals surface area (Å²) >= 11 is 7.67. The zero-order valence-corrected chi connectivity index (χ0v) is 36.4. The van der Waals surface area contributed by atoms with Crippen molar-refractivity contribution in [1.82, 2.24) is 0 Å². The Labute approximate surface area is 363 Å². The van der Waals surface area contributed by atoms with Gasteiger partial charge in [0.25, 0.3) is 0 Å². The van der Waals surface area contributed by atoms with E-state index in [0.29, 0.717) is 0 Å². The van der Waals surface area contributed by atoms with E-state index in [9.17, 15) is 0 Å². The van der Waals surface area contributed by atoms with Gasteiger partial charge in [-0.2, -0.15) is 0 Å². The Hall–Kier alpha value is -5.04. The lowest BCUT2D eigenvalue weighted by Crippen LogP contribution is -2.18. The van der Waals surface area contributed by atoms with Gasteiger partial charge in [0.1, 0.15) is 0 Å². The summed E-state index contributed by atoms with van der Waals surface area (Å²) in [6.45, 7) is 9.63. The van der Waals surface area contributed by atoms with E-state index < -0.39 is 0 Å². The van der Waals surface area contributed by atoms with Gasteiger partial charge in [-0.1, -0.05) is 166 Å². The van der Waals surface area contributed by atoms with Crippen molar-refractivity contribution in [2.45, 2.75) is 77.7 Å². The molecule has 2 aliphatic carbocycles. The lowest BCUT2D eigenvalue weighted by molar-refractivity contribution is 0.658. The van der Waals surface area contributed by atoms with Gasteiger partial charge in [-0.05, 0) is 117 Å². The molecule has 0 fully saturated rings. The smallest absolute Gasteiger partial charge is 0.0465 e. The molecule has 0 saturated heterocycles. The van der Waals surface area contributed by atoms with Crippen molar-refractivity contribution in [3.05, 3.63) is 186 Å². The van der Waals surface area contributed by atoms with E-state index in [4.69, 9.17) is 0 Å². The third-order valence-corrected chi connectivity index (χ3v) is 18.0. The number of benzene rings is 8. The maximum atomic E-state index is 2.49. The summed E-state index contributed by atoms with van der Waals surface area (Å²) in [6, 6.07) is 61.5. The largest absolute Gasteiger partial charge is 0.310 e. The molecule has 0 spiro atoms. The Balaban J connectivity index is 1.00. The van der Waals surface area contributed by atoms with Crippen LogP contribution in [0, 0.1) is 0 Å². The standard InChI is InChI=1S/C54H39NS4/c1-53(2)39-26-28-47-51(58-45-16-10-8-14-43(45)56-47)49(39)37-24-22-35(30-41(37)53)55(34-20-18-33(19-21-34)32-12-6-5-7-13-32)36-23-25-38-42(31-36)54(3,4)40-27-29-48-52(50(38)40)59-46-17-11-9-15-44(46)57-48/h5-31H,1-4H3. The van der Waals surface area contributed by atoms with Crippen LogP contribution in [0.5, 0.6) is 0 Å². The van der Waals surface area contributed by atoms with Crippen molar-refractivity contribution in [3.63, 3.8) is 0 Å². The lowest BCUT2D eigenvalue weighted by atomic mass is 9.82. The van der Waals surface area contributed by atoms with E-state index in [2.05, 4.69) is 196 Å². The van der Waals surface area contributed by atoms with E-state index in [1.807, 2.05) is 47.0 Å². The molecule has 4 aliphatic rings. The van der Waals surface area contributed by atoms with E-state index in [1.54, 1.807) is 0 Å². The second-order valence-electron chi connectivity index (χ2n) is 16.9. The molecule has 0 atom stereocenters. The van der Waals surface area contributed by atoms with Gasteiger partial charge in [-0.15, -0.1) is 0 Å². The second kappa shape index (κ2) is 13.2. The summed E-state index contributed by atoms with van der Waals surface area (Å²) in [5.41, 5.74) is 16.7. The molecule has 8 aromatic rings. The fourth-order valence-electron chi connectivity index (χ4n) is 9.75. The molecular formula is C54H39NS4. The van der Waals surface area contributed by atoms with Crippen molar-refractivity contribution >= 4 is 64.1 Å². The Kier molecular flexibility index (Phi) is 8.04. The first kappa shape index (κ1) is 35.9. The van der Waals surface area contributed by atoms with Crippen LogP contribution in [-0.2, 0) is 10.8 Å². The van der Waals surface area contributed by atoms with Gasteiger partial charge in [-0.25, -0.2) is 0 Å². The number of nitrogens with zero attached hydrogens (tertiary/aromatic N) is 1. The first-order valence-electron chi connectivity index (χ1n) is 20.2. The maximum Gasteiger partial charge on any atom is 0.0465 e. The predicted molar refractivity (Wildman–Crippen MR) is 251 cm³/mol. The summed E-state index contributed by atoms with van der Waals surface area (Å²) in [7, 11) is 0. The molecule has 0 N–H and O–H groups in total. The van der Waals surface area contributed by atoms with Crippen molar-refractivity contribution in [1.29, 1.82) is 0 Å². The van der Waals surface area contributed by atoms with Crippen LogP contribution in [0.25, 0.3) is 33.4 Å². The van der Waals surface area contributed by atoms with Gasteiger partial charge >= 0.3 is 0 Å². The molecule has 5 heteroatoms. The van der Waals surface area contributed by atoms with Crippen molar-refractivity contribution < 1.29 is 0 Å². The van der Waals surface area contributed by atoms with Crippen LogP contribution in [0.4, 0.5) is 17.1 Å². The summed E-state index contributed by atoms with van der Waals surface area (Å²) in [5.74, 6) is 0. The van der Waals surface area contributed by atoms with E-state index in [-0.39, 0.29) is 10.8 Å². The molecule has 0 aromatic heterocycles. The Bertz CT molecular complexity index is 2890. The number of hydrogen-bond donors (Lipinski definition) is 0. The highest BCUT2D eigenvalue weighted by atomic mass is 32.2. The summed E-state index contributed by atoms with van der Waals surface area (Å²) < 4.78 is 0. The number of hydrogen-bond acceptors (Lipinski definition) is 5. The molecule has 0 radical (unpaired) electrons. The topological polar surface area (TPSA) is 3.24 Å². The molecule has 2 aliphatic heterocycles. The van der Waals surface area contributed by atoms with E-state index >= 15 is 0 Å². The number of rotatable bonds is 4. The zero-order valence-electron chi connectivity index (χ0n) is 33.2. The van der Waals surface area contributed by atoms with Crippen LogP contribution in [-0.4, -0.2) is 0 Å². The zero-order chi connectivity index (χ0) is 39.6. The van der Waals surface area contributed by atoms with Crippen molar-refractivity contribution in [2.24, 2.45) is 0 Å². The first-order chi connectivity index (χ1) is 28.7. The molecule has 0 bridgehead atoms. The van der Waals surface area contributed by atoms with Gasteiger partial charge in [0.2, 0.25) is 0 Å². The summed E-state index contributed by atoms with van der Waals surface area (Å²) in [5, 5.41) is 0. The molecule has 12 rings (SSSR count). The monoisotopic (exact) mass is 829 g/mol. The minimum atomic E-state index is -0.157. The highest BCUT2D eigenvalue weighted by Crippen LogP contribution is 2.61. The Morgan fingerprint density at radius 1 is 0.339 bits per heavy atom. The SMILES string of the molecule is CC1(C)c2cc(N(c3ccc(-c4ccccc4)cc3)c3ccc4c(c3)C(C)(C)c3ccc5c(c3-4)Sc3ccccc3S5)ccc2-c2c1ccc1c2Sc2ccccc2S1. The highest BCUT2D eigenvalue weighted by Gasteiger charge is 2.41. The molecule has 1 nitrogen and oxygen atoms in total. The molecular weight excluding hydrogens is 791 g/mol. The fourth-order valence-corrected chi connectivity index (χ4v) is 14.6. The molecule has 8 aromatic carbocycles. The minimum absolute atomic E-state index is 0.157. The summed E-state index contributed by atoms with van der Waals surface area (Å²) in [4.78, 5) is 13.3. The third kappa shape index (κ3) is 5.44. The molecule has 0 amide bonds. The molecule has 59 heavy (non-hydrogen) atoms. The normalized spacial score (nSPS) is 15.5. The number of fused-ring (bicyclic) bond motifs is 12. The van der Waals surface area contributed by atoms with Gasteiger partial charge in [0.05, 0.1) is 0 Å². The van der Waals surface area contributed by atoms with Crippen LogP contribution >= 0.6 is 47.0 Å². The van der Waals surface area contributed by atoms with E-state index in [0.717, 1.165) is 5.69 Å². The highest BCUT2D eigenvalue weighted by molar-refractivity contribution is 8.05. The molecule has 2 heterocycles. The van der Waals surface area contributed by atoms with Gasteiger partial charge in [0, 0.05) is 78.2 Å². The first-order valence-corrected chi connectivity index (χ1v) is 23.5. The van der Waals surface area contributed by atoms with Crippen LogP contribution in [0.2, 0.25) is 0 Å². The second-order valence-corrected chi connectivity index (χ2v) is 21.2. The molecule has 0 saturated carbocycles. The van der Waals surface area contributed by atoms with Crippen LogP contribution in [0.15, 0.2) is 203 Å². The van der Waals surface area contributed by atoms with Gasteiger partial charge in [-0.3, -0.25) is 0 Å². The van der Waals surface area contributed by atoms with Crippen molar-refractivity contribution in [3.8, 4) is 33.4 Å². The average molecular weight is 830 g/mol. The van der Waals surface area contributed by atoms with Crippen LogP contribution in [0.3, 0.4) is 0 Å². The molecule has 284 valence electrons.